The van der Waals surface area contributed by atoms with Crippen molar-refractivity contribution >= 4 is 26.0 Å². The van der Waals surface area contributed by atoms with Gasteiger partial charge in [-0.05, 0) is 61.4 Å². The number of hydrogen-bond donors (Lipinski definition) is 1. The molecule has 3 rings (SSSR count). The molecule has 2 aromatic carbocycles. The molecule has 33 heavy (non-hydrogen) atoms. The summed E-state index contributed by atoms with van der Waals surface area (Å²) >= 11 is 0. The van der Waals surface area contributed by atoms with E-state index < -0.39 is 20.0 Å². The Hall–Kier alpha value is -2.47. The Morgan fingerprint density at radius 2 is 1.52 bits per heavy atom. The van der Waals surface area contributed by atoms with Crippen LogP contribution in [0.15, 0.2) is 52.3 Å². The second-order valence-corrected chi connectivity index (χ2v) is 11.6. The van der Waals surface area contributed by atoms with Crippen LogP contribution in [-0.4, -0.2) is 71.8 Å². The van der Waals surface area contributed by atoms with E-state index in [-0.39, 0.29) is 54.8 Å². The van der Waals surface area contributed by atoms with Crippen molar-refractivity contribution in [1.82, 2.24) is 13.9 Å². The molecule has 1 fully saturated rings. The van der Waals surface area contributed by atoms with E-state index in [4.69, 9.17) is 4.74 Å². The number of carbonyl (C=O) groups excluding carboxylic acids is 1. The summed E-state index contributed by atoms with van der Waals surface area (Å²) in [5.74, 6) is 0.344. The molecule has 9 nitrogen and oxygen atoms in total. The molecule has 1 amide bonds. The quantitative estimate of drug-likeness (QED) is 0.594. The summed E-state index contributed by atoms with van der Waals surface area (Å²) in [4.78, 5) is 14.4. The molecule has 0 radical (unpaired) electrons. The largest absolute Gasteiger partial charge is 0.497 e. The number of nitrogens with zero attached hydrogens (tertiary/aromatic N) is 2. The van der Waals surface area contributed by atoms with Gasteiger partial charge in [0, 0.05) is 39.1 Å². The molecule has 1 N–H and O–H groups in total. The zero-order valence-electron chi connectivity index (χ0n) is 18.9. The van der Waals surface area contributed by atoms with Crippen LogP contribution in [0.3, 0.4) is 0 Å². The summed E-state index contributed by atoms with van der Waals surface area (Å²) in [6.45, 7) is 4.56. The van der Waals surface area contributed by atoms with Crippen LogP contribution in [-0.2, 0) is 24.8 Å². The molecule has 1 aliphatic rings. The molecule has 0 unspecified atom stereocenters. The Morgan fingerprint density at radius 1 is 0.909 bits per heavy atom. The zero-order valence-corrected chi connectivity index (χ0v) is 20.6. The molecule has 0 bridgehead atoms. The van der Waals surface area contributed by atoms with Gasteiger partial charge in [-0.25, -0.2) is 21.6 Å². The molecule has 11 heteroatoms. The smallest absolute Gasteiger partial charge is 0.243 e. The number of nitrogens with one attached hydrogen (secondary N) is 1. The highest BCUT2D eigenvalue weighted by molar-refractivity contribution is 7.89. The number of amides is 1. The molecule has 0 aliphatic carbocycles. The van der Waals surface area contributed by atoms with E-state index in [1.54, 1.807) is 29.2 Å². The van der Waals surface area contributed by atoms with E-state index in [0.29, 0.717) is 5.75 Å². The second kappa shape index (κ2) is 10.2. The normalized spacial score (nSPS) is 15.4. The standard InChI is InChI=1S/C22H29N3O6S2/c1-17-4-7-21(16-18(17)2)32(27,28)23-11-10-22(26)24-12-14-25(15-13-24)33(29,30)20-8-5-19(31-3)6-9-20/h4-9,16,23H,10-15H2,1-3H3. The number of ether oxygens (including phenoxy) is 1. The van der Waals surface area contributed by atoms with Crippen molar-refractivity contribution in [2.45, 2.75) is 30.1 Å². The van der Waals surface area contributed by atoms with Gasteiger partial charge in [-0.3, -0.25) is 4.79 Å². The Kier molecular flexibility index (Phi) is 7.78. The molecule has 180 valence electrons. The minimum Gasteiger partial charge on any atom is -0.497 e. The summed E-state index contributed by atoms with van der Waals surface area (Å²) in [5, 5.41) is 0. The monoisotopic (exact) mass is 495 g/mol. The fourth-order valence-corrected chi connectivity index (χ4v) is 6.03. The number of aryl methyl sites for hydroxylation is 2. The van der Waals surface area contributed by atoms with Crippen LogP contribution in [0.1, 0.15) is 17.5 Å². The van der Waals surface area contributed by atoms with Crippen molar-refractivity contribution in [1.29, 1.82) is 0 Å². The van der Waals surface area contributed by atoms with Crippen LogP contribution in [0.25, 0.3) is 0 Å². The zero-order chi connectivity index (χ0) is 24.2. The van der Waals surface area contributed by atoms with Crippen molar-refractivity contribution < 1.29 is 26.4 Å². The van der Waals surface area contributed by atoms with Gasteiger partial charge in [-0.2, -0.15) is 4.31 Å². The van der Waals surface area contributed by atoms with Gasteiger partial charge >= 0.3 is 0 Å². The van der Waals surface area contributed by atoms with Gasteiger partial charge in [0.15, 0.2) is 0 Å². The summed E-state index contributed by atoms with van der Waals surface area (Å²) < 4.78 is 59.5. The fourth-order valence-electron chi connectivity index (χ4n) is 3.49. The average Bonchev–Trinajstić information content (AvgIpc) is 2.80. The number of carbonyl (C=O) groups is 1. The number of methoxy groups -OCH3 is 1. The Bertz CT molecular complexity index is 1200. The van der Waals surface area contributed by atoms with Crippen molar-refractivity contribution in [3.8, 4) is 5.75 Å². The van der Waals surface area contributed by atoms with Gasteiger partial charge in [0.1, 0.15) is 5.75 Å². The topological polar surface area (TPSA) is 113 Å². The summed E-state index contributed by atoms with van der Waals surface area (Å²) in [7, 11) is -5.86. The van der Waals surface area contributed by atoms with E-state index in [1.165, 1.54) is 29.6 Å². The van der Waals surface area contributed by atoms with Gasteiger partial charge < -0.3 is 9.64 Å². The van der Waals surface area contributed by atoms with Crippen LogP contribution in [0.5, 0.6) is 5.75 Å². The fraction of sp³-hybridized carbons (Fsp3) is 0.409. The van der Waals surface area contributed by atoms with Crippen LogP contribution < -0.4 is 9.46 Å². The Balaban J connectivity index is 1.51. The van der Waals surface area contributed by atoms with E-state index >= 15 is 0 Å². The third-order valence-corrected chi connectivity index (χ3v) is 9.08. The molecule has 0 aromatic heterocycles. The lowest BCUT2D eigenvalue weighted by molar-refractivity contribution is -0.132. The van der Waals surface area contributed by atoms with Crippen molar-refractivity contribution in [2.75, 3.05) is 39.8 Å². The van der Waals surface area contributed by atoms with Gasteiger partial charge in [0.25, 0.3) is 0 Å². The first-order valence-electron chi connectivity index (χ1n) is 10.5. The highest BCUT2D eigenvalue weighted by atomic mass is 32.2. The summed E-state index contributed by atoms with van der Waals surface area (Å²) in [6.07, 6.45) is -0.00466. The van der Waals surface area contributed by atoms with E-state index in [9.17, 15) is 21.6 Å². The van der Waals surface area contributed by atoms with Crippen molar-refractivity contribution in [3.05, 3.63) is 53.6 Å². The number of piperazine rings is 1. The first kappa shape index (κ1) is 25.2. The molecular weight excluding hydrogens is 466 g/mol. The summed E-state index contributed by atoms with van der Waals surface area (Å²) in [5.41, 5.74) is 1.87. The molecule has 1 saturated heterocycles. The maximum atomic E-state index is 12.8. The van der Waals surface area contributed by atoms with E-state index in [0.717, 1.165) is 11.1 Å². The molecular formula is C22H29N3O6S2. The maximum Gasteiger partial charge on any atom is 0.243 e. The molecule has 0 atom stereocenters. The lowest BCUT2D eigenvalue weighted by Crippen LogP contribution is -2.50. The molecule has 0 spiro atoms. The van der Waals surface area contributed by atoms with E-state index in [1.807, 2.05) is 13.8 Å². The molecule has 1 aliphatic heterocycles. The minimum atomic E-state index is -3.71. The van der Waals surface area contributed by atoms with Gasteiger partial charge in [-0.1, -0.05) is 6.07 Å². The Labute approximate surface area is 195 Å². The molecule has 1 heterocycles. The van der Waals surface area contributed by atoms with Gasteiger partial charge in [-0.15, -0.1) is 0 Å². The van der Waals surface area contributed by atoms with Crippen LogP contribution in [0.2, 0.25) is 0 Å². The highest BCUT2D eigenvalue weighted by Crippen LogP contribution is 2.21. The minimum absolute atomic E-state index is 0.00466. The SMILES string of the molecule is COc1ccc(S(=O)(=O)N2CCN(C(=O)CCNS(=O)(=O)c3ccc(C)c(C)c3)CC2)cc1. The first-order chi connectivity index (χ1) is 15.5. The van der Waals surface area contributed by atoms with Crippen LogP contribution >= 0.6 is 0 Å². The predicted octanol–water partition coefficient (Wildman–Crippen LogP) is 1.51. The lowest BCUT2D eigenvalue weighted by Gasteiger charge is -2.34. The third-order valence-electron chi connectivity index (χ3n) is 5.71. The van der Waals surface area contributed by atoms with Crippen molar-refractivity contribution in [3.63, 3.8) is 0 Å². The lowest BCUT2D eigenvalue weighted by atomic mass is 10.1. The maximum absolute atomic E-state index is 12.8. The highest BCUT2D eigenvalue weighted by Gasteiger charge is 2.30. The number of rotatable bonds is 8. The van der Waals surface area contributed by atoms with Crippen LogP contribution in [0, 0.1) is 13.8 Å². The van der Waals surface area contributed by atoms with Gasteiger partial charge in [0.2, 0.25) is 26.0 Å². The van der Waals surface area contributed by atoms with Crippen molar-refractivity contribution in [2.24, 2.45) is 0 Å². The van der Waals surface area contributed by atoms with Crippen LogP contribution in [0.4, 0.5) is 0 Å². The van der Waals surface area contributed by atoms with E-state index in [2.05, 4.69) is 4.72 Å². The second-order valence-electron chi connectivity index (χ2n) is 7.85. The molecule has 0 saturated carbocycles. The molecule has 2 aromatic rings. The first-order valence-corrected chi connectivity index (χ1v) is 13.5. The number of sulfonamides is 2. The number of hydrogen-bond acceptors (Lipinski definition) is 6. The third kappa shape index (κ3) is 5.91. The number of benzene rings is 2. The van der Waals surface area contributed by atoms with Gasteiger partial charge in [0.05, 0.1) is 16.9 Å². The average molecular weight is 496 g/mol. The Morgan fingerprint density at radius 3 is 2.09 bits per heavy atom. The summed E-state index contributed by atoms with van der Waals surface area (Å²) in [6, 6.07) is 11.0. The predicted molar refractivity (Wildman–Crippen MR) is 124 cm³/mol.